The normalized spacial score (nSPS) is 43.1. The Hall–Kier alpha value is 1.63. The van der Waals surface area contributed by atoms with Crippen molar-refractivity contribution in [1.82, 2.24) is 0 Å². The zero-order valence-corrected chi connectivity index (χ0v) is 13.8. The van der Waals surface area contributed by atoms with Gasteiger partial charge in [-0.15, -0.1) is 12.6 Å². The number of nitrogens with one attached hydrogen (secondary N) is 1. The molecule has 1 heterocycles. The molecular formula is C8H16AcNO3S-. The van der Waals surface area contributed by atoms with Crippen molar-refractivity contribution in [3.8, 4) is 0 Å². The van der Waals surface area contributed by atoms with E-state index < -0.39 is 23.7 Å². The summed E-state index contributed by atoms with van der Waals surface area (Å²) in [6, 6.07) is -0.869. The molecule has 0 aromatic carbocycles. The molecule has 0 aliphatic carbocycles. The van der Waals surface area contributed by atoms with Gasteiger partial charge in [0.15, 0.2) is 0 Å². The Kier molecular flexibility index (Phi) is 7.88. The number of thiol groups is 1. The van der Waals surface area contributed by atoms with Gasteiger partial charge in [0, 0.05) is 44.1 Å². The fraction of sp³-hybridized carbons (Fsp3) is 1.00. The summed E-state index contributed by atoms with van der Waals surface area (Å²) >= 11 is 4.03. The first-order valence-corrected chi connectivity index (χ1v) is 5.00. The maximum atomic E-state index is 9.53. The average molecular weight is 433 g/mol. The summed E-state index contributed by atoms with van der Waals surface area (Å²) in [7, 11) is 0. The van der Waals surface area contributed by atoms with Crippen LogP contribution in [0, 0.1) is 44.1 Å². The number of hydrogen-bond donors (Lipinski definition) is 3. The molecule has 1 aliphatic rings. The van der Waals surface area contributed by atoms with Gasteiger partial charge in [-0.25, -0.2) is 0 Å². The van der Waals surface area contributed by atoms with E-state index in [1.165, 1.54) is 0 Å². The second-order valence-electron chi connectivity index (χ2n) is 3.36. The molecule has 6 heteroatoms. The Morgan fingerprint density at radius 1 is 1.36 bits per heavy atom. The standard InChI is InChI=1S/C8H16NO3S.Ac/c1-2-3-4-6(10)7(11)5(9)8(13)12-4;/h4-11,13H,2-3H2,1H3;/q-1;/t4?,5?,6-,7?,8-;/m0./s1. The number of ether oxygens (including phenoxy) is 1. The molecule has 1 rings (SSSR count). The van der Waals surface area contributed by atoms with Crippen LogP contribution in [0.1, 0.15) is 19.8 Å². The molecule has 0 aromatic rings. The van der Waals surface area contributed by atoms with Gasteiger partial charge in [-0.3, -0.25) is 0 Å². The monoisotopic (exact) mass is 433 g/mol. The van der Waals surface area contributed by atoms with E-state index in [1.807, 2.05) is 6.92 Å². The summed E-state index contributed by atoms with van der Waals surface area (Å²) in [5.74, 6) is 0. The van der Waals surface area contributed by atoms with Gasteiger partial charge in [0.2, 0.25) is 0 Å². The number of aliphatic hydroxyl groups excluding tert-OH is 2. The molecule has 0 aromatic heterocycles. The first kappa shape index (κ1) is 15.6. The minimum Gasteiger partial charge on any atom is -0.670 e. The minimum atomic E-state index is -1.05. The van der Waals surface area contributed by atoms with Crippen molar-refractivity contribution >= 4 is 12.6 Å². The van der Waals surface area contributed by atoms with Crippen molar-refractivity contribution in [3.05, 3.63) is 5.73 Å². The Morgan fingerprint density at radius 2 is 1.93 bits per heavy atom. The van der Waals surface area contributed by atoms with Crippen molar-refractivity contribution in [1.29, 1.82) is 0 Å². The van der Waals surface area contributed by atoms with E-state index in [4.69, 9.17) is 10.5 Å². The molecular weight excluding hydrogens is 417 g/mol. The van der Waals surface area contributed by atoms with Crippen molar-refractivity contribution in [3.63, 3.8) is 0 Å². The summed E-state index contributed by atoms with van der Waals surface area (Å²) in [6.07, 6.45) is -0.831. The van der Waals surface area contributed by atoms with Gasteiger partial charge in [-0.05, 0) is 6.42 Å². The molecule has 3 N–H and O–H groups in total. The Morgan fingerprint density at radius 3 is 2.43 bits per heavy atom. The molecule has 81 valence electrons. The summed E-state index contributed by atoms with van der Waals surface area (Å²) in [4.78, 5) is 0. The van der Waals surface area contributed by atoms with Crippen LogP contribution in [0.25, 0.3) is 5.73 Å². The molecule has 0 saturated carbocycles. The van der Waals surface area contributed by atoms with Crippen LogP contribution >= 0.6 is 12.6 Å². The van der Waals surface area contributed by atoms with E-state index in [0.29, 0.717) is 6.42 Å². The second kappa shape index (κ2) is 7.05. The fourth-order valence-corrected chi connectivity index (χ4v) is 1.80. The van der Waals surface area contributed by atoms with Crippen LogP contribution in [-0.4, -0.2) is 40.0 Å². The topological polar surface area (TPSA) is 73.5 Å². The maximum absolute atomic E-state index is 9.53. The van der Waals surface area contributed by atoms with E-state index in [0.717, 1.165) is 6.42 Å². The summed E-state index contributed by atoms with van der Waals surface area (Å²) in [5.41, 5.74) is 6.82. The van der Waals surface area contributed by atoms with E-state index in [2.05, 4.69) is 12.6 Å². The van der Waals surface area contributed by atoms with Crippen LogP contribution in [0.4, 0.5) is 0 Å². The van der Waals surface area contributed by atoms with Gasteiger partial charge < -0.3 is 20.7 Å². The Labute approximate surface area is 126 Å². The first-order valence-electron chi connectivity index (χ1n) is 4.48. The van der Waals surface area contributed by atoms with Crippen molar-refractivity contribution in [2.45, 2.75) is 49.6 Å². The number of rotatable bonds is 2. The molecule has 3 unspecified atom stereocenters. The fourth-order valence-electron chi connectivity index (χ4n) is 1.47. The van der Waals surface area contributed by atoms with Gasteiger partial charge in [0.05, 0.1) is 17.6 Å². The molecule has 0 amide bonds. The van der Waals surface area contributed by atoms with Gasteiger partial charge in [-0.1, -0.05) is 19.4 Å². The van der Waals surface area contributed by atoms with Gasteiger partial charge in [-0.2, -0.15) is 0 Å². The van der Waals surface area contributed by atoms with Crippen molar-refractivity contribution in [2.75, 3.05) is 0 Å². The van der Waals surface area contributed by atoms with E-state index >= 15 is 0 Å². The van der Waals surface area contributed by atoms with E-state index in [-0.39, 0.29) is 50.2 Å². The SMILES string of the molecule is CCCC1O[C@@H](S)C([NH-])C(O)[C@H]1O.[Ac]. The predicted molar refractivity (Wildman–Crippen MR) is 52.7 cm³/mol. The zero-order chi connectivity index (χ0) is 10.0. The smallest absolute Gasteiger partial charge is 0.105 e. The number of aliphatic hydroxyl groups is 2. The van der Waals surface area contributed by atoms with Crippen LogP contribution < -0.4 is 0 Å². The maximum Gasteiger partial charge on any atom is 0.105 e. The number of hydrogen-bond acceptors (Lipinski definition) is 4. The van der Waals surface area contributed by atoms with Crippen molar-refractivity contribution in [2.24, 2.45) is 0 Å². The third-order valence-corrected chi connectivity index (χ3v) is 2.74. The molecule has 4 nitrogen and oxygen atoms in total. The molecule has 0 bridgehead atoms. The third-order valence-electron chi connectivity index (χ3n) is 2.29. The minimum absolute atomic E-state index is 0. The molecule has 1 saturated heterocycles. The molecule has 1 aliphatic heterocycles. The van der Waals surface area contributed by atoms with Gasteiger partial charge in [0.1, 0.15) is 6.10 Å². The van der Waals surface area contributed by atoms with Crippen LogP contribution in [-0.2, 0) is 4.74 Å². The van der Waals surface area contributed by atoms with Gasteiger partial charge >= 0.3 is 0 Å². The van der Waals surface area contributed by atoms with Crippen LogP contribution in [0.3, 0.4) is 0 Å². The quantitative estimate of drug-likeness (QED) is 0.559. The average Bonchev–Trinajstić information content (AvgIpc) is 2.11. The molecule has 0 spiro atoms. The van der Waals surface area contributed by atoms with Crippen LogP contribution in [0.5, 0.6) is 0 Å². The summed E-state index contributed by atoms with van der Waals surface area (Å²) in [6.45, 7) is 1.97. The largest absolute Gasteiger partial charge is 0.670 e. The van der Waals surface area contributed by atoms with E-state index in [9.17, 15) is 10.2 Å². The van der Waals surface area contributed by atoms with Crippen LogP contribution in [0.2, 0.25) is 0 Å². The second-order valence-corrected chi connectivity index (χ2v) is 3.87. The Balaban J connectivity index is 0.00000169. The van der Waals surface area contributed by atoms with Gasteiger partial charge in [0.25, 0.3) is 0 Å². The van der Waals surface area contributed by atoms with Crippen molar-refractivity contribution < 1.29 is 59.0 Å². The molecule has 1 radical (unpaired) electrons. The zero-order valence-electron chi connectivity index (χ0n) is 8.13. The Bertz CT molecular complexity index is 175. The summed E-state index contributed by atoms with van der Waals surface area (Å²) < 4.78 is 5.29. The van der Waals surface area contributed by atoms with E-state index in [1.54, 1.807) is 0 Å². The molecule has 14 heavy (non-hydrogen) atoms. The molecule has 1 fully saturated rings. The summed E-state index contributed by atoms with van der Waals surface area (Å²) in [5, 5.41) is 19.0. The van der Waals surface area contributed by atoms with Crippen LogP contribution in [0.15, 0.2) is 0 Å². The third kappa shape index (κ3) is 3.58. The predicted octanol–water partition coefficient (Wildman–Crippen LogP) is 0.584. The molecule has 5 atom stereocenters. The first-order chi connectivity index (χ1) is 6.07.